The van der Waals surface area contributed by atoms with Crippen molar-refractivity contribution in [3.8, 4) is 0 Å². The first-order valence-electron chi connectivity index (χ1n) is 6.32. The number of hydrogen-bond donors (Lipinski definition) is 1. The number of rotatable bonds is 4. The van der Waals surface area contributed by atoms with Gasteiger partial charge in [-0.3, -0.25) is 0 Å². The minimum atomic E-state index is -0.574. The smallest absolute Gasteiger partial charge is 0.126 e. The van der Waals surface area contributed by atoms with E-state index in [1.807, 2.05) is 0 Å². The SMILES string of the molecule is CC1CCC(CN)(OCc2cc(F)cc(F)c2)C1. The van der Waals surface area contributed by atoms with Gasteiger partial charge in [-0.15, -0.1) is 0 Å². The Balaban J connectivity index is 2.02. The Morgan fingerprint density at radius 1 is 1.33 bits per heavy atom. The molecule has 1 fully saturated rings. The summed E-state index contributed by atoms with van der Waals surface area (Å²) in [4.78, 5) is 0. The molecule has 1 aliphatic rings. The summed E-state index contributed by atoms with van der Waals surface area (Å²) in [6, 6.07) is 3.46. The van der Waals surface area contributed by atoms with Crippen LogP contribution in [0, 0.1) is 17.6 Å². The number of hydrogen-bond acceptors (Lipinski definition) is 2. The van der Waals surface area contributed by atoms with Gasteiger partial charge in [0.05, 0.1) is 12.2 Å². The van der Waals surface area contributed by atoms with E-state index in [2.05, 4.69) is 6.92 Å². The third-order valence-corrected chi connectivity index (χ3v) is 3.65. The maximum absolute atomic E-state index is 13.0. The summed E-state index contributed by atoms with van der Waals surface area (Å²) in [5, 5.41) is 0. The van der Waals surface area contributed by atoms with E-state index in [-0.39, 0.29) is 12.2 Å². The fourth-order valence-electron chi connectivity index (χ4n) is 2.65. The van der Waals surface area contributed by atoms with E-state index in [1.54, 1.807) is 0 Å². The highest BCUT2D eigenvalue weighted by atomic mass is 19.1. The Hall–Kier alpha value is -1.00. The lowest BCUT2D eigenvalue weighted by Crippen LogP contribution is -2.38. The van der Waals surface area contributed by atoms with Gasteiger partial charge in [-0.05, 0) is 42.9 Å². The van der Waals surface area contributed by atoms with Crippen LogP contribution in [-0.4, -0.2) is 12.1 Å². The average Bonchev–Trinajstić information content (AvgIpc) is 2.68. The summed E-state index contributed by atoms with van der Waals surface area (Å²) in [7, 11) is 0. The highest BCUT2D eigenvalue weighted by molar-refractivity contribution is 5.17. The first kappa shape index (κ1) is 13.4. The largest absolute Gasteiger partial charge is 0.369 e. The average molecular weight is 255 g/mol. The molecule has 2 N–H and O–H groups in total. The van der Waals surface area contributed by atoms with Crippen LogP contribution in [0.4, 0.5) is 8.78 Å². The molecule has 0 radical (unpaired) electrons. The van der Waals surface area contributed by atoms with Crippen LogP contribution in [0.5, 0.6) is 0 Å². The second-order valence-corrected chi connectivity index (χ2v) is 5.30. The van der Waals surface area contributed by atoms with E-state index >= 15 is 0 Å². The van der Waals surface area contributed by atoms with Crippen molar-refractivity contribution >= 4 is 0 Å². The Labute approximate surface area is 106 Å². The van der Waals surface area contributed by atoms with E-state index in [0.29, 0.717) is 18.0 Å². The summed E-state index contributed by atoms with van der Waals surface area (Å²) < 4.78 is 31.9. The summed E-state index contributed by atoms with van der Waals surface area (Å²) in [5.41, 5.74) is 5.98. The standard InChI is InChI=1S/C14H19F2NO/c1-10-2-3-14(7-10,9-17)18-8-11-4-12(15)6-13(16)5-11/h4-6,10H,2-3,7-9,17H2,1H3. The molecule has 0 amide bonds. The van der Waals surface area contributed by atoms with Crippen molar-refractivity contribution < 1.29 is 13.5 Å². The Morgan fingerprint density at radius 2 is 2.00 bits per heavy atom. The lowest BCUT2D eigenvalue weighted by molar-refractivity contribution is -0.0472. The molecule has 1 aromatic carbocycles. The van der Waals surface area contributed by atoms with Crippen molar-refractivity contribution in [1.82, 2.24) is 0 Å². The third-order valence-electron chi connectivity index (χ3n) is 3.65. The molecule has 1 aromatic rings. The quantitative estimate of drug-likeness (QED) is 0.897. The molecule has 0 aliphatic heterocycles. The molecule has 1 aliphatic carbocycles. The number of halogens is 2. The first-order chi connectivity index (χ1) is 8.53. The third kappa shape index (κ3) is 3.06. The maximum atomic E-state index is 13.0. The monoisotopic (exact) mass is 255 g/mol. The normalized spacial score (nSPS) is 27.7. The Kier molecular flexibility index (Phi) is 3.97. The predicted molar refractivity (Wildman–Crippen MR) is 65.9 cm³/mol. The molecule has 18 heavy (non-hydrogen) atoms. The molecule has 0 saturated heterocycles. The molecule has 4 heteroatoms. The molecule has 1 saturated carbocycles. The highest BCUT2D eigenvalue weighted by Crippen LogP contribution is 2.37. The number of nitrogens with two attached hydrogens (primary N) is 1. The molecular weight excluding hydrogens is 236 g/mol. The molecule has 2 nitrogen and oxygen atoms in total. The molecule has 2 unspecified atom stereocenters. The zero-order chi connectivity index (χ0) is 13.2. The molecule has 0 spiro atoms. The Bertz CT molecular complexity index is 404. The molecule has 0 aromatic heterocycles. The van der Waals surface area contributed by atoms with Crippen molar-refractivity contribution in [3.05, 3.63) is 35.4 Å². The Morgan fingerprint density at radius 3 is 2.50 bits per heavy atom. The zero-order valence-corrected chi connectivity index (χ0v) is 10.6. The van der Waals surface area contributed by atoms with Crippen LogP contribution in [0.15, 0.2) is 18.2 Å². The minimum absolute atomic E-state index is 0.207. The molecule has 100 valence electrons. The zero-order valence-electron chi connectivity index (χ0n) is 10.6. The van der Waals surface area contributed by atoms with Gasteiger partial charge in [0, 0.05) is 12.6 Å². The van der Waals surface area contributed by atoms with Crippen LogP contribution >= 0.6 is 0 Å². The van der Waals surface area contributed by atoms with Crippen molar-refractivity contribution in [3.63, 3.8) is 0 Å². The second kappa shape index (κ2) is 5.33. The predicted octanol–water partition coefficient (Wildman–Crippen LogP) is 3.00. The summed E-state index contributed by atoms with van der Waals surface area (Å²) in [6.45, 7) is 2.83. The van der Waals surface area contributed by atoms with Crippen molar-refractivity contribution in [2.24, 2.45) is 11.7 Å². The van der Waals surface area contributed by atoms with E-state index < -0.39 is 11.6 Å². The van der Waals surface area contributed by atoms with Crippen molar-refractivity contribution in [2.75, 3.05) is 6.54 Å². The minimum Gasteiger partial charge on any atom is -0.369 e. The lowest BCUT2D eigenvalue weighted by Gasteiger charge is -2.28. The maximum Gasteiger partial charge on any atom is 0.126 e. The van der Waals surface area contributed by atoms with Gasteiger partial charge in [-0.2, -0.15) is 0 Å². The summed E-state index contributed by atoms with van der Waals surface area (Å²) in [5.74, 6) is -0.553. The van der Waals surface area contributed by atoms with Gasteiger partial charge in [0.25, 0.3) is 0 Å². The van der Waals surface area contributed by atoms with E-state index in [1.165, 1.54) is 12.1 Å². The molecule has 2 rings (SSSR count). The van der Waals surface area contributed by atoms with Crippen LogP contribution in [0.2, 0.25) is 0 Å². The fourth-order valence-corrected chi connectivity index (χ4v) is 2.65. The van der Waals surface area contributed by atoms with Crippen LogP contribution in [-0.2, 0) is 11.3 Å². The van der Waals surface area contributed by atoms with Crippen molar-refractivity contribution in [2.45, 2.75) is 38.4 Å². The highest BCUT2D eigenvalue weighted by Gasteiger charge is 2.37. The molecule has 2 atom stereocenters. The van der Waals surface area contributed by atoms with Crippen LogP contribution in [0.25, 0.3) is 0 Å². The molecule has 0 heterocycles. The first-order valence-corrected chi connectivity index (χ1v) is 6.32. The van der Waals surface area contributed by atoms with Gasteiger partial charge < -0.3 is 10.5 Å². The second-order valence-electron chi connectivity index (χ2n) is 5.30. The van der Waals surface area contributed by atoms with Gasteiger partial charge in [0.15, 0.2) is 0 Å². The van der Waals surface area contributed by atoms with Gasteiger partial charge in [-0.1, -0.05) is 6.92 Å². The lowest BCUT2D eigenvalue weighted by atomic mass is 10.0. The fraction of sp³-hybridized carbons (Fsp3) is 0.571. The number of ether oxygens (including phenoxy) is 1. The van der Waals surface area contributed by atoms with Crippen LogP contribution < -0.4 is 5.73 Å². The van der Waals surface area contributed by atoms with Gasteiger partial charge in [-0.25, -0.2) is 8.78 Å². The van der Waals surface area contributed by atoms with Crippen molar-refractivity contribution in [1.29, 1.82) is 0 Å². The van der Waals surface area contributed by atoms with Crippen LogP contribution in [0.1, 0.15) is 31.7 Å². The molecule has 0 bridgehead atoms. The van der Waals surface area contributed by atoms with Gasteiger partial charge in [0.1, 0.15) is 11.6 Å². The summed E-state index contributed by atoms with van der Waals surface area (Å²) in [6.07, 6.45) is 2.93. The van der Waals surface area contributed by atoms with Gasteiger partial charge in [0.2, 0.25) is 0 Å². The van der Waals surface area contributed by atoms with Gasteiger partial charge >= 0.3 is 0 Å². The van der Waals surface area contributed by atoms with E-state index in [0.717, 1.165) is 25.3 Å². The number of benzene rings is 1. The van der Waals surface area contributed by atoms with Crippen LogP contribution in [0.3, 0.4) is 0 Å². The summed E-state index contributed by atoms with van der Waals surface area (Å²) >= 11 is 0. The van der Waals surface area contributed by atoms with E-state index in [4.69, 9.17) is 10.5 Å². The van der Waals surface area contributed by atoms with E-state index in [9.17, 15) is 8.78 Å². The topological polar surface area (TPSA) is 35.2 Å². The molecular formula is C14H19F2NO.